The molecule has 1 fully saturated rings. The average molecular weight is 371 g/mol. The number of aromatic nitrogens is 3. The van der Waals surface area contributed by atoms with Crippen LogP contribution in [0.3, 0.4) is 0 Å². The van der Waals surface area contributed by atoms with Gasteiger partial charge in [-0.05, 0) is 30.9 Å². The van der Waals surface area contributed by atoms with Crippen LogP contribution in [0.5, 0.6) is 0 Å². The lowest BCUT2D eigenvalue weighted by atomic mass is 10.0. The Labute approximate surface area is 161 Å². The molecular formula is C20H30N6O. The minimum Gasteiger partial charge on any atom is -0.370 e. The molecule has 27 heavy (non-hydrogen) atoms. The Bertz CT molecular complexity index is 729. The second-order valence-electron chi connectivity index (χ2n) is 7.54. The van der Waals surface area contributed by atoms with E-state index >= 15 is 0 Å². The van der Waals surface area contributed by atoms with Crippen LogP contribution in [-0.2, 0) is 7.05 Å². The monoisotopic (exact) mass is 370 g/mol. The Morgan fingerprint density at radius 2 is 1.93 bits per heavy atom. The summed E-state index contributed by atoms with van der Waals surface area (Å²) in [5.74, 6) is 1.25. The van der Waals surface area contributed by atoms with Crippen LogP contribution in [0.2, 0.25) is 0 Å². The van der Waals surface area contributed by atoms with E-state index in [0.717, 1.165) is 38.3 Å². The smallest absolute Gasteiger partial charge is 0.318 e. The molecule has 3 rings (SSSR count). The van der Waals surface area contributed by atoms with Gasteiger partial charge in [-0.3, -0.25) is 4.68 Å². The van der Waals surface area contributed by atoms with Gasteiger partial charge in [0.1, 0.15) is 12.2 Å². The van der Waals surface area contributed by atoms with E-state index in [4.69, 9.17) is 0 Å². The summed E-state index contributed by atoms with van der Waals surface area (Å²) in [4.78, 5) is 21.6. The standard InChI is InChI=1S/C20H30N6O/c1-16(2)14-18(19-21-15-22-24(19)3)23-20(27)26-11-7-10-25(12-13-26)17-8-5-4-6-9-17/h4-6,8-9,15-16,18H,7,10-14H2,1-3H3,(H,23,27). The van der Waals surface area contributed by atoms with Crippen molar-refractivity contribution < 1.29 is 4.79 Å². The van der Waals surface area contributed by atoms with Crippen molar-refractivity contribution in [1.29, 1.82) is 0 Å². The van der Waals surface area contributed by atoms with E-state index in [1.165, 1.54) is 5.69 Å². The number of nitrogens with one attached hydrogen (secondary N) is 1. The van der Waals surface area contributed by atoms with Gasteiger partial charge in [0.25, 0.3) is 0 Å². The fraction of sp³-hybridized carbons (Fsp3) is 0.550. The van der Waals surface area contributed by atoms with Gasteiger partial charge in [0, 0.05) is 38.9 Å². The molecule has 2 aromatic rings. The molecule has 1 N–H and O–H groups in total. The largest absolute Gasteiger partial charge is 0.370 e. The molecule has 146 valence electrons. The fourth-order valence-corrected chi connectivity index (χ4v) is 3.58. The summed E-state index contributed by atoms with van der Waals surface area (Å²) in [6.07, 6.45) is 3.34. The topological polar surface area (TPSA) is 66.3 Å². The molecule has 1 aromatic heterocycles. The number of nitrogens with zero attached hydrogens (tertiary/aromatic N) is 5. The van der Waals surface area contributed by atoms with Crippen molar-refractivity contribution in [3.63, 3.8) is 0 Å². The van der Waals surface area contributed by atoms with Crippen molar-refractivity contribution >= 4 is 11.7 Å². The number of carbonyl (C=O) groups excluding carboxylic acids is 1. The molecule has 0 radical (unpaired) electrons. The number of urea groups is 1. The molecule has 1 atom stereocenters. The van der Waals surface area contributed by atoms with Gasteiger partial charge in [-0.2, -0.15) is 5.10 Å². The third-order valence-electron chi connectivity index (χ3n) is 4.97. The second-order valence-corrected chi connectivity index (χ2v) is 7.54. The molecule has 0 bridgehead atoms. The summed E-state index contributed by atoms with van der Waals surface area (Å²) in [5, 5.41) is 7.35. The van der Waals surface area contributed by atoms with Crippen molar-refractivity contribution in [1.82, 2.24) is 25.0 Å². The maximum Gasteiger partial charge on any atom is 0.318 e. The molecule has 1 saturated heterocycles. The maximum absolute atomic E-state index is 12.9. The van der Waals surface area contributed by atoms with Gasteiger partial charge < -0.3 is 15.1 Å². The number of rotatable bonds is 5. The van der Waals surface area contributed by atoms with Crippen LogP contribution in [-0.4, -0.2) is 51.9 Å². The van der Waals surface area contributed by atoms with E-state index in [-0.39, 0.29) is 12.1 Å². The van der Waals surface area contributed by atoms with Crippen molar-refractivity contribution in [3.8, 4) is 0 Å². The van der Waals surface area contributed by atoms with E-state index in [1.54, 1.807) is 11.0 Å². The van der Waals surface area contributed by atoms with E-state index < -0.39 is 0 Å². The molecule has 7 nitrogen and oxygen atoms in total. The SMILES string of the molecule is CC(C)CC(NC(=O)N1CCCN(c2ccccc2)CC1)c1ncnn1C. The third kappa shape index (κ3) is 4.99. The second kappa shape index (κ2) is 8.88. The first kappa shape index (κ1) is 19.2. The molecule has 2 heterocycles. The summed E-state index contributed by atoms with van der Waals surface area (Å²) in [6.45, 7) is 7.59. The molecule has 0 spiro atoms. The Kier molecular flexibility index (Phi) is 6.32. The molecule has 0 saturated carbocycles. The van der Waals surface area contributed by atoms with Gasteiger partial charge in [-0.1, -0.05) is 32.0 Å². The lowest BCUT2D eigenvalue weighted by molar-refractivity contribution is 0.194. The van der Waals surface area contributed by atoms with Crippen molar-refractivity contribution in [3.05, 3.63) is 42.5 Å². The minimum absolute atomic E-state index is 0.0152. The summed E-state index contributed by atoms with van der Waals surface area (Å²) >= 11 is 0. The van der Waals surface area contributed by atoms with Crippen LogP contribution in [0, 0.1) is 5.92 Å². The first-order chi connectivity index (χ1) is 13.0. The van der Waals surface area contributed by atoms with Crippen LogP contribution in [0.25, 0.3) is 0 Å². The number of anilines is 1. The van der Waals surface area contributed by atoms with Crippen LogP contribution in [0.15, 0.2) is 36.7 Å². The van der Waals surface area contributed by atoms with Gasteiger partial charge in [-0.15, -0.1) is 0 Å². The molecule has 1 aliphatic rings. The van der Waals surface area contributed by atoms with E-state index in [2.05, 4.69) is 58.4 Å². The highest BCUT2D eigenvalue weighted by Gasteiger charge is 2.25. The summed E-state index contributed by atoms with van der Waals surface area (Å²) < 4.78 is 1.74. The van der Waals surface area contributed by atoms with E-state index in [0.29, 0.717) is 12.5 Å². The van der Waals surface area contributed by atoms with Crippen molar-refractivity contribution in [2.24, 2.45) is 13.0 Å². The van der Waals surface area contributed by atoms with Crippen molar-refractivity contribution in [2.45, 2.75) is 32.7 Å². The molecule has 7 heteroatoms. The predicted octanol–water partition coefficient (Wildman–Crippen LogP) is 2.82. The Morgan fingerprint density at radius 3 is 2.59 bits per heavy atom. The lowest BCUT2D eigenvalue weighted by Gasteiger charge is -2.26. The molecule has 1 unspecified atom stereocenters. The van der Waals surface area contributed by atoms with Crippen molar-refractivity contribution in [2.75, 3.05) is 31.1 Å². The Morgan fingerprint density at radius 1 is 1.15 bits per heavy atom. The summed E-state index contributed by atoms with van der Waals surface area (Å²) in [6, 6.07) is 10.3. The highest BCUT2D eigenvalue weighted by Crippen LogP contribution is 2.20. The van der Waals surface area contributed by atoms with Gasteiger partial charge in [0.05, 0.1) is 6.04 Å². The van der Waals surface area contributed by atoms with Crippen LogP contribution in [0.4, 0.5) is 10.5 Å². The zero-order valence-corrected chi connectivity index (χ0v) is 16.5. The predicted molar refractivity (Wildman–Crippen MR) is 107 cm³/mol. The number of aryl methyl sites for hydroxylation is 1. The lowest BCUT2D eigenvalue weighted by Crippen LogP contribution is -2.44. The average Bonchev–Trinajstić information content (AvgIpc) is 2.92. The Balaban J connectivity index is 1.63. The van der Waals surface area contributed by atoms with Gasteiger partial charge in [0.15, 0.2) is 0 Å². The summed E-state index contributed by atoms with van der Waals surface area (Å²) in [7, 11) is 1.87. The molecule has 0 aliphatic carbocycles. The number of hydrogen-bond donors (Lipinski definition) is 1. The first-order valence-electron chi connectivity index (χ1n) is 9.74. The number of para-hydroxylation sites is 1. The van der Waals surface area contributed by atoms with E-state index in [9.17, 15) is 4.79 Å². The fourth-order valence-electron chi connectivity index (χ4n) is 3.58. The highest BCUT2D eigenvalue weighted by molar-refractivity contribution is 5.74. The third-order valence-corrected chi connectivity index (χ3v) is 4.97. The van der Waals surface area contributed by atoms with Gasteiger partial charge >= 0.3 is 6.03 Å². The van der Waals surface area contributed by atoms with Crippen LogP contribution < -0.4 is 10.2 Å². The first-order valence-corrected chi connectivity index (χ1v) is 9.74. The van der Waals surface area contributed by atoms with Crippen LogP contribution >= 0.6 is 0 Å². The van der Waals surface area contributed by atoms with E-state index in [1.807, 2.05) is 18.0 Å². The normalized spacial score (nSPS) is 16.3. The number of carbonyl (C=O) groups is 1. The van der Waals surface area contributed by atoms with Gasteiger partial charge in [0.2, 0.25) is 0 Å². The zero-order valence-electron chi connectivity index (χ0n) is 16.5. The minimum atomic E-state index is -0.126. The number of hydrogen-bond acceptors (Lipinski definition) is 4. The van der Waals surface area contributed by atoms with Gasteiger partial charge in [-0.25, -0.2) is 9.78 Å². The highest BCUT2D eigenvalue weighted by atomic mass is 16.2. The molecule has 2 amide bonds. The van der Waals surface area contributed by atoms with Crippen LogP contribution in [0.1, 0.15) is 38.6 Å². The Hall–Kier alpha value is -2.57. The number of amides is 2. The zero-order chi connectivity index (χ0) is 19.2. The molecule has 1 aliphatic heterocycles. The molecule has 1 aromatic carbocycles. The molecular weight excluding hydrogens is 340 g/mol. The summed E-state index contributed by atoms with van der Waals surface area (Å²) in [5.41, 5.74) is 1.22. The maximum atomic E-state index is 12.9. The number of benzene rings is 1. The quantitative estimate of drug-likeness (QED) is 0.879.